The summed E-state index contributed by atoms with van der Waals surface area (Å²) in [6, 6.07) is 0. The Hall–Kier alpha value is -0.568. The van der Waals surface area contributed by atoms with Crippen molar-refractivity contribution in [3.63, 3.8) is 0 Å². The van der Waals surface area contributed by atoms with Crippen molar-refractivity contribution in [2.45, 2.75) is 39.5 Å². The highest BCUT2D eigenvalue weighted by atomic mass is 27.1. The molecule has 0 spiro atoms. The second kappa shape index (κ2) is 18.3. The lowest BCUT2D eigenvalue weighted by atomic mass is 10.4. The van der Waals surface area contributed by atoms with E-state index in [-0.39, 0.29) is 0 Å². The maximum Gasteiger partial charge on any atom is 0.407 e. The van der Waals surface area contributed by atoms with Crippen LogP contribution >= 0.6 is 0 Å². The van der Waals surface area contributed by atoms with Crippen LogP contribution in [0.25, 0.3) is 0 Å². The summed E-state index contributed by atoms with van der Waals surface area (Å²) < 4.78 is 7.14. The number of carboxylic acid groups (broad SMARTS) is 2. The van der Waals surface area contributed by atoms with Crippen molar-refractivity contribution < 1.29 is 24.0 Å². The summed E-state index contributed by atoms with van der Waals surface area (Å²) in [5.41, 5.74) is 0. The van der Waals surface area contributed by atoms with Gasteiger partial charge in [-0.05, 0) is 12.8 Å². The average molecular weight is 222 g/mol. The largest absolute Gasteiger partial charge is 0.521 e. The molecule has 0 unspecified atom stereocenters. The van der Waals surface area contributed by atoms with Gasteiger partial charge in [0, 0.05) is 12.8 Å². The molecule has 0 aliphatic rings. The molecule has 0 saturated carbocycles. The van der Waals surface area contributed by atoms with E-state index in [1.165, 1.54) is 0 Å². The third-order valence-electron chi connectivity index (χ3n) is 0.928. The molecule has 14 heavy (non-hydrogen) atoms. The lowest BCUT2D eigenvalue weighted by Gasteiger charge is -1.79. The standard InChI is InChI=1S/2C4H8O2.Al.H2O.2H/c2*1-2-3-4(5)6;;;;/h2*2-3H2,1H3,(H,5,6);;1H2;;/q;;+1;;;/p-1. The molecule has 0 aromatic carbocycles. The molecule has 0 aliphatic carbocycles. The SMILES string of the molecule is CCCC(=O)O.CCCC(=O)O.[OH][AlH2]. The Morgan fingerprint density at radius 3 is 1.14 bits per heavy atom. The Morgan fingerprint density at radius 1 is 0.929 bits per heavy atom. The van der Waals surface area contributed by atoms with Gasteiger partial charge in [-0.25, -0.2) is 0 Å². The molecule has 5 nitrogen and oxygen atoms in total. The third-order valence-corrected chi connectivity index (χ3v) is 0.928. The molecule has 6 heteroatoms. The minimum absolute atomic E-state index is 0.292. The van der Waals surface area contributed by atoms with Gasteiger partial charge < -0.3 is 14.4 Å². The molecule has 0 rings (SSSR count). The van der Waals surface area contributed by atoms with Crippen LogP contribution < -0.4 is 0 Å². The quantitative estimate of drug-likeness (QED) is 0.593. The van der Waals surface area contributed by atoms with Gasteiger partial charge in [-0.2, -0.15) is 0 Å². The smallest absolute Gasteiger partial charge is 0.407 e. The summed E-state index contributed by atoms with van der Waals surface area (Å²) in [4.78, 5) is 19.2. The Bertz CT molecular complexity index is 122. The fourth-order valence-corrected chi connectivity index (χ4v) is 0.428. The van der Waals surface area contributed by atoms with Crippen molar-refractivity contribution >= 4 is 28.6 Å². The Morgan fingerprint density at radius 2 is 1.14 bits per heavy atom. The van der Waals surface area contributed by atoms with Crippen molar-refractivity contribution in [1.82, 2.24) is 0 Å². The minimum atomic E-state index is -0.711. The zero-order valence-corrected chi connectivity index (χ0v) is 11.0. The van der Waals surface area contributed by atoms with E-state index >= 15 is 0 Å². The molecule has 0 amide bonds. The van der Waals surface area contributed by atoms with E-state index in [2.05, 4.69) is 0 Å². The first kappa shape index (κ1) is 19.1. The lowest BCUT2D eigenvalue weighted by molar-refractivity contribution is -0.138. The fraction of sp³-hybridized carbons (Fsp3) is 0.750. The molecule has 0 bridgehead atoms. The first-order chi connectivity index (χ1) is 6.54. The van der Waals surface area contributed by atoms with Crippen LogP contribution in [0.1, 0.15) is 39.5 Å². The number of aliphatic carboxylic acids is 2. The highest BCUT2D eigenvalue weighted by Gasteiger charge is 1.88. The van der Waals surface area contributed by atoms with Crippen molar-refractivity contribution in [2.24, 2.45) is 0 Å². The summed E-state index contributed by atoms with van der Waals surface area (Å²) >= 11 is 0.306. The molecule has 3 N–H and O–H groups in total. The predicted molar refractivity (Wildman–Crippen MR) is 55.9 cm³/mol. The summed E-state index contributed by atoms with van der Waals surface area (Å²) in [5.74, 6) is -1.42. The van der Waals surface area contributed by atoms with Crippen LogP contribution in [0, 0.1) is 0 Å². The monoisotopic (exact) mass is 222 g/mol. The topological polar surface area (TPSA) is 94.8 Å². The maximum absolute atomic E-state index is 9.60. The van der Waals surface area contributed by atoms with Crippen LogP contribution in [-0.2, 0) is 9.59 Å². The van der Waals surface area contributed by atoms with Gasteiger partial charge in [-0.15, -0.1) is 0 Å². The van der Waals surface area contributed by atoms with Gasteiger partial charge in [0.15, 0.2) is 0 Å². The van der Waals surface area contributed by atoms with Gasteiger partial charge >= 0.3 is 28.6 Å². The van der Waals surface area contributed by atoms with Crippen LogP contribution in [0.15, 0.2) is 0 Å². The summed E-state index contributed by atoms with van der Waals surface area (Å²) in [7, 11) is 0. The first-order valence-corrected chi connectivity index (χ1v) is 5.32. The predicted octanol–water partition coefficient (Wildman–Crippen LogP) is 0.269. The van der Waals surface area contributed by atoms with Gasteiger partial charge in [-0.3, -0.25) is 9.59 Å². The van der Waals surface area contributed by atoms with E-state index in [1.807, 2.05) is 13.8 Å². The Kier molecular flexibility index (Phi) is 24.9. The molecule has 84 valence electrons. The zero-order valence-electron chi connectivity index (χ0n) is 8.99. The highest BCUT2D eigenvalue weighted by molar-refractivity contribution is 5.95. The van der Waals surface area contributed by atoms with E-state index in [9.17, 15) is 9.59 Å². The molecule has 0 saturated heterocycles. The number of hydrogen-bond donors (Lipinski definition) is 3. The minimum Gasteiger partial charge on any atom is -0.521 e. The maximum atomic E-state index is 9.60. The van der Waals surface area contributed by atoms with Gasteiger partial charge in [-0.1, -0.05) is 13.8 Å². The van der Waals surface area contributed by atoms with E-state index in [1.54, 1.807) is 0 Å². The molecule has 0 atom stereocenters. The third kappa shape index (κ3) is 42.2. The molecular weight excluding hydrogens is 203 g/mol. The van der Waals surface area contributed by atoms with Crippen molar-refractivity contribution in [1.29, 1.82) is 0 Å². The highest BCUT2D eigenvalue weighted by Crippen LogP contribution is 1.82. The van der Waals surface area contributed by atoms with E-state index in [0.29, 0.717) is 29.5 Å². The normalized spacial score (nSPS) is 7.36. The molecule has 0 aliphatic heterocycles. The number of hydrogen-bond acceptors (Lipinski definition) is 3. The van der Waals surface area contributed by atoms with Crippen molar-refractivity contribution in [2.75, 3.05) is 0 Å². The van der Waals surface area contributed by atoms with E-state index in [4.69, 9.17) is 14.4 Å². The van der Waals surface area contributed by atoms with Gasteiger partial charge in [0.2, 0.25) is 0 Å². The first-order valence-electron chi connectivity index (χ1n) is 4.42. The van der Waals surface area contributed by atoms with Crippen LogP contribution in [0.5, 0.6) is 0 Å². The van der Waals surface area contributed by atoms with Crippen molar-refractivity contribution in [3.05, 3.63) is 0 Å². The molecule has 0 radical (unpaired) electrons. The average Bonchev–Trinajstić information content (AvgIpc) is 2.08. The van der Waals surface area contributed by atoms with E-state index in [0.717, 1.165) is 12.8 Å². The van der Waals surface area contributed by atoms with Gasteiger partial charge in [0.1, 0.15) is 0 Å². The summed E-state index contributed by atoms with van der Waals surface area (Å²) in [6.45, 7) is 3.68. The van der Waals surface area contributed by atoms with Crippen LogP contribution in [-0.4, -0.2) is 42.9 Å². The molecule has 0 aromatic heterocycles. The van der Waals surface area contributed by atoms with Crippen LogP contribution in [0.3, 0.4) is 0 Å². The Labute approximate surface area is 92.5 Å². The molecule has 0 fully saturated rings. The van der Waals surface area contributed by atoms with Crippen molar-refractivity contribution in [3.8, 4) is 0 Å². The fourth-order valence-electron chi connectivity index (χ4n) is 0.428. The summed E-state index contributed by atoms with van der Waals surface area (Å²) in [6.07, 6.45) is 2.05. The van der Waals surface area contributed by atoms with E-state index < -0.39 is 11.9 Å². The second-order valence-corrected chi connectivity index (χ2v) is 2.29. The zero-order chi connectivity index (χ0) is 12.0. The van der Waals surface area contributed by atoms with Gasteiger partial charge in [0.25, 0.3) is 0 Å². The lowest BCUT2D eigenvalue weighted by Crippen LogP contribution is -1.90. The number of rotatable bonds is 4. The van der Waals surface area contributed by atoms with Gasteiger partial charge in [0.05, 0.1) is 0 Å². The molecule has 0 heterocycles. The number of carboxylic acids is 2. The summed E-state index contributed by atoms with van der Waals surface area (Å²) in [5, 5.41) is 15.8. The number of carbonyl (C=O) groups is 2. The molecule has 0 aromatic rings. The second-order valence-electron chi connectivity index (χ2n) is 2.29. The van der Waals surface area contributed by atoms with Crippen LogP contribution in [0.2, 0.25) is 0 Å². The molecular formula is C8H19AlO5. The van der Waals surface area contributed by atoms with Crippen LogP contribution in [0.4, 0.5) is 0 Å². The Balaban J connectivity index is -0.000000147.